The minimum atomic E-state index is -1.19. The van der Waals surface area contributed by atoms with E-state index in [1.807, 2.05) is 0 Å². The number of hydrogen-bond donors (Lipinski definition) is 0. The van der Waals surface area contributed by atoms with Crippen LogP contribution in [0.25, 0.3) is 0 Å². The summed E-state index contributed by atoms with van der Waals surface area (Å²) in [5.41, 5.74) is 0.130. The van der Waals surface area contributed by atoms with E-state index in [4.69, 9.17) is 0 Å². The van der Waals surface area contributed by atoms with E-state index < -0.39 is 11.9 Å². The first-order valence-electron chi connectivity index (χ1n) is 3.02. The molecule has 0 fully saturated rings. The van der Waals surface area contributed by atoms with Crippen molar-refractivity contribution < 1.29 is 36.9 Å². The number of carboxylic acids is 2. The van der Waals surface area contributed by atoms with Crippen molar-refractivity contribution in [1.82, 2.24) is 0 Å². The maximum Gasteiger partial charge on any atom is 2.00 e. The van der Waals surface area contributed by atoms with Crippen LogP contribution in [0, 0.1) is 0 Å². The van der Waals surface area contributed by atoms with Crippen LogP contribution in [0.15, 0.2) is 24.3 Å². The number of rotatable bonds is 2. The van der Waals surface area contributed by atoms with Crippen molar-refractivity contribution in [3.05, 3.63) is 24.3 Å². The van der Waals surface area contributed by atoms with E-state index >= 15 is 0 Å². The molecule has 0 saturated carbocycles. The Morgan fingerprint density at radius 2 is 1.00 bits per heavy atom. The SMILES string of the molecule is C=C(C)C(=O)[O-].C=C(C)C(=O)[O-].[Fe+2]. The molecule has 4 nitrogen and oxygen atoms in total. The third-order valence-corrected chi connectivity index (χ3v) is 0.697. The van der Waals surface area contributed by atoms with Gasteiger partial charge in [-0.25, -0.2) is 0 Å². The summed E-state index contributed by atoms with van der Waals surface area (Å²) in [6, 6.07) is 0. The molecule has 0 aromatic heterocycles. The van der Waals surface area contributed by atoms with Gasteiger partial charge in [0.05, 0.1) is 11.9 Å². The molecule has 0 saturated heterocycles. The van der Waals surface area contributed by atoms with Crippen LogP contribution in [0.3, 0.4) is 0 Å². The zero-order chi connectivity index (χ0) is 10.3. The van der Waals surface area contributed by atoms with Crippen LogP contribution in [0.1, 0.15) is 13.8 Å². The molecule has 0 N–H and O–H groups in total. The monoisotopic (exact) mass is 226 g/mol. The van der Waals surface area contributed by atoms with Gasteiger partial charge < -0.3 is 19.8 Å². The summed E-state index contributed by atoms with van der Waals surface area (Å²) in [7, 11) is 0. The van der Waals surface area contributed by atoms with Crippen LogP contribution in [-0.4, -0.2) is 11.9 Å². The predicted molar refractivity (Wildman–Crippen MR) is 39.6 cm³/mol. The van der Waals surface area contributed by atoms with Crippen molar-refractivity contribution in [3.8, 4) is 0 Å². The number of hydrogen-bond acceptors (Lipinski definition) is 4. The molecule has 0 bridgehead atoms. The van der Waals surface area contributed by atoms with E-state index in [0.29, 0.717) is 0 Å². The van der Waals surface area contributed by atoms with Gasteiger partial charge in [-0.3, -0.25) is 0 Å². The smallest absolute Gasteiger partial charge is 0.545 e. The van der Waals surface area contributed by atoms with Gasteiger partial charge in [0.15, 0.2) is 0 Å². The summed E-state index contributed by atoms with van der Waals surface area (Å²) in [6.07, 6.45) is 0. The fourth-order valence-electron chi connectivity index (χ4n) is 0. The van der Waals surface area contributed by atoms with E-state index in [0.717, 1.165) is 0 Å². The molecule has 0 atom stereocenters. The first-order valence-corrected chi connectivity index (χ1v) is 3.02. The standard InChI is InChI=1S/2C4H6O2.Fe/c2*1-3(2)4(5)6;/h2*1H2,2H3,(H,5,6);/q;;+2/p-2. The summed E-state index contributed by atoms with van der Waals surface area (Å²) in [5, 5.41) is 19.0. The molecule has 0 spiro atoms. The second kappa shape index (κ2) is 9.03. The second-order valence-corrected chi connectivity index (χ2v) is 2.14. The Balaban J connectivity index is -0.000000143. The van der Waals surface area contributed by atoms with Crippen LogP contribution in [0.5, 0.6) is 0 Å². The molecule has 0 unspecified atom stereocenters. The average Bonchev–Trinajstić information content (AvgIpc) is 1.88. The Labute approximate surface area is 87.4 Å². The fourth-order valence-corrected chi connectivity index (χ4v) is 0. The van der Waals surface area contributed by atoms with Gasteiger partial charge in [0.25, 0.3) is 0 Å². The van der Waals surface area contributed by atoms with Gasteiger partial charge in [0.2, 0.25) is 0 Å². The zero-order valence-electron chi connectivity index (χ0n) is 7.40. The van der Waals surface area contributed by atoms with E-state index in [9.17, 15) is 19.8 Å². The van der Waals surface area contributed by atoms with Crippen LogP contribution in [-0.2, 0) is 26.7 Å². The number of carbonyl (C=O) groups is 2. The minimum absolute atomic E-state index is 0. The Morgan fingerprint density at radius 3 is 1.00 bits per heavy atom. The topological polar surface area (TPSA) is 80.3 Å². The van der Waals surface area contributed by atoms with Crippen molar-refractivity contribution in [3.63, 3.8) is 0 Å². The Kier molecular flexibility index (Phi) is 12.4. The molecule has 74 valence electrons. The molecule has 0 amide bonds. The predicted octanol–water partition coefficient (Wildman–Crippen LogP) is -1.38. The minimum Gasteiger partial charge on any atom is -0.545 e. The molecule has 0 aliphatic rings. The van der Waals surface area contributed by atoms with Crippen molar-refractivity contribution in [2.75, 3.05) is 0 Å². The molecule has 0 aromatic carbocycles. The quantitative estimate of drug-likeness (QED) is 0.429. The van der Waals surface area contributed by atoms with E-state index in [2.05, 4.69) is 13.2 Å². The number of aliphatic carboxylic acids is 2. The van der Waals surface area contributed by atoms with E-state index in [-0.39, 0.29) is 28.2 Å². The Bertz CT molecular complexity index is 172. The van der Waals surface area contributed by atoms with Gasteiger partial charge in [0.1, 0.15) is 0 Å². The second-order valence-electron chi connectivity index (χ2n) is 2.14. The van der Waals surface area contributed by atoms with E-state index in [1.54, 1.807) is 0 Å². The Morgan fingerprint density at radius 1 is 0.923 bits per heavy atom. The molecule has 0 aliphatic heterocycles. The molecule has 0 aromatic rings. The molecular formula is C8H10FeO4. The Hall–Kier alpha value is -1.06. The molecule has 0 heterocycles. The molecular weight excluding hydrogens is 216 g/mol. The molecule has 0 radical (unpaired) electrons. The van der Waals surface area contributed by atoms with Crippen molar-refractivity contribution in [2.45, 2.75) is 13.8 Å². The molecule has 5 heteroatoms. The molecule has 0 aliphatic carbocycles. The van der Waals surface area contributed by atoms with Gasteiger partial charge in [-0.1, -0.05) is 13.2 Å². The van der Waals surface area contributed by atoms with Gasteiger partial charge in [0, 0.05) is 0 Å². The van der Waals surface area contributed by atoms with Gasteiger partial charge in [-0.15, -0.1) is 0 Å². The van der Waals surface area contributed by atoms with Gasteiger partial charge in [-0.2, -0.15) is 0 Å². The summed E-state index contributed by atoms with van der Waals surface area (Å²) in [6.45, 7) is 8.95. The molecule has 0 rings (SSSR count). The van der Waals surface area contributed by atoms with Crippen molar-refractivity contribution in [1.29, 1.82) is 0 Å². The van der Waals surface area contributed by atoms with Crippen LogP contribution in [0.2, 0.25) is 0 Å². The van der Waals surface area contributed by atoms with E-state index in [1.165, 1.54) is 13.8 Å². The summed E-state index contributed by atoms with van der Waals surface area (Å²) >= 11 is 0. The third-order valence-electron chi connectivity index (χ3n) is 0.697. The molecule has 13 heavy (non-hydrogen) atoms. The maximum absolute atomic E-state index is 9.49. The maximum atomic E-state index is 9.49. The van der Waals surface area contributed by atoms with Crippen LogP contribution < -0.4 is 10.2 Å². The summed E-state index contributed by atoms with van der Waals surface area (Å²) in [5.74, 6) is -2.37. The summed E-state index contributed by atoms with van der Waals surface area (Å²) in [4.78, 5) is 19.0. The average molecular weight is 226 g/mol. The number of carbonyl (C=O) groups excluding carboxylic acids is 2. The first kappa shape index (κ1) is 17.9. The fraction of sp³-hybridized carbons (Fsp3) is 0.250. The third kappa shape index (κ3) is 18.2. The van der Waals surface area contributed by atoms with Crippen molar-refractivity contribution >= 4 is 11.9 Å². The summed E-state index contributed by atoms with van der Waals surface area (Å²) < 4.78 is 0. The zero-order valence-corrected chi connectivity index (χ0v) is 8.50. The van der Waals surface area contributed by atoms with Gasteiger partial charge in [-0.05, 0) is 25.0 Å². The first-order chi connectivity index (χ1) is 5.29. The van der Waals surface area contributed by atoms with Gasteiger partial charge >= 0.3 is 17.1 Å². The largest absolute Gasteiger partial charge is 2.00 e. The van der Waals surface area contributed by atoms with Crippen molar-refractivity contribution in [2.24, 2.45) is 0 Å². The van der Waals surface area contributed by atoms with Crippen LogP contribution in [0.4, 0.5) is 0 Å². The van der Waals surface area contributed by atoms with Crippen LogP contribution >= 0.6 is 0 Å². The normalized spacial score (nSPS) is 6.92. The number of carboxylic acid groups (broad SMARTS) is 2.